The van der Waals surface area contributed by atoms with Crippen LogP contribution in [0.2, 0.25) is 0 Å². The summed E-state index contributed by atoms with van der Waals surface area (Å²) >= 11 is 0. The van der Waals surface area contributed by atoms with E-state index < -0.39 is 6.10 Å². The predicted octanol–water partition coefficient (Wildman–Crippen LogP) is 0.642. The molecular formula is C10H21NO3. The fourth-order valence-electron chi connectivity index (χ4n) is 0.994. The van der Waals surface area contributed by atoms with Crippen LogP contribution in [0.1, 0.15) is 26.7 Å². The molecule has 4 heteroatoms. The summed E-state index contributed by atoms with van der Waals surface area (Å²) in [6.07, 6.45) is 0.525. The second-order valence-corrected chi connectivity index (χ2v) is 3.40. The van der Waals surface area contributed by atoms with Crippen LogP contribution in [0, 0.1) is 0 Å². The molecule has 0 saturated heterocycles. The number of hydrogen-bond acceptors (Lipinski definition) is 3. The van der Waals surface area contributed by atoms with Crippen molar-refractivity contribution in [3.63, 3.8) is 0 Å². The van der Waals surface area contributed by atoms with Gasteiger partial charge >= 0.3 is 0 Å². The Labute approximate surface area is 85.9 Å². The monoisotopic (exact) mass is 203 g/mol. The lowest BCUT2D eigenvalue weighted by Crippen LogP contribution is -2.30. The highest BCUT2D eigenvalue weighted by Gasteiger charge is 2.09. The van der Waals surface area contributed by atoms with E-state index in [1.807, 2.05) is 6.92 Å². The Bertz CT molecular complexity index is 159. The second-order valence-electron chi connectivity index (χ2n) is 3.40. The lowest BCUT2D eigenvalue weighted by Gasteiger charge is -2.17. The number of carbonyl (C=O) groups excluding carboxylic acids is 1. The minimum absolute atomic E-state index is 0.0607. The number of hydrogen-bond donors (Lipinski definition) is 1. The van der Waals surface area contributed by atoms with Crippen LogP contribution < -0.4 is 0 Å². The molecule has 1 unspecified atom stereocenters. The van der Waals surface area contributed by atoms with Gasteiger partial charge in [0.1, 0.15) is 0 Å². The fraction of sp³-hybridized carbons (Fsp3) is 0.900. The molecule has 0 aromatic carbocycles. The van der Waals surface area contributed by atoms with E-state index in [9.17, 15) is 4.79 Å². The van der Waals surface area contributed by atoms with Crippen molar-refractivity contribution in [3.05, 3.63) is 0 Å². The van der Waals surface area contributed by atoms with Gasteiger partial charge in [0.05, 0.1) is 12.7 Å². The summed E-state index contributed by atoms with van der Waals surface area (Å²) < 4.78 is 5.14. The molecule has 0 spiro atoms. The molecular weight excluding hydrogens is 182 g/mol. The van der Waals surface area contributed by atoms with Crippen LogP contribution in [0.3, 0.4) is 0 Å². The van der Waals surface area contributed by atoms with Crippen LogP contribution in [0.15, 0.2) is 0 Å². The molecule has 0 heterocycles. The van der Waals surface area contributed by atoms with Gasteiger partial charge in [0.2, 0.25) is 5.91 Å². The predicted molar refractivity (Wildman–Crippen MR) is 55.0 cm³/mol. The number of amides is 1. The van der Waals surface area contributed by atoms with E-state index in [-0.39, 0.29) is 5.91 Å². The summed E-state index contributed by atoms with van der Waals surface area (Å²) in [4.78, 5) is 13.0. The Balaban J connectivity index is 3.54. The lowest BCUT2D eigenvalue weighted by molar-refractivity contribution is -0.131. The average molecular weight is 203 g/mol. The van der Waals surface area contributed by atoms with E-state index in [0.29, 0.717) is 32.6 Å². The van der Waals surface area contributed by atoms with Gasteiger partial charge in [-0.3, -0.25) is 4.79 Å². The van der Waals surface area contributed by atoms with E-state index in [4.69, 9.17) is 9.84 Å². The zero-order valence-corrected chi connectivity index (χ0v) is 9.32. The molecule has 1 N–H and O–H groups in total. The van der Waals surface area contributed by atoms with Gasteiger partial charge in [-0.05, 0) is 20.3 Å². The molecule has 1 atom stereocenters. The topological polar surface area (TPSA) is 49.8 Å². The van der Waals surface area contributed by atoms with Crippen LogP contribution in [0.25, 0.3) is 0 Å². The maximum Gasteiger partial charge on any atom is 0.222 e. The van der Waals surface area contributed by atoms with Crippen LogP contribution >= 0.6 is 0 Å². The van der Waals surface area contributed by atoms with E-state index >= 15 is 0 Å². The van der Waals surface area contributed by atoms with E-state index in [1.165, 1.54) is 0 Å². The number of ether oxygens (including phenoxy) is 1. The molecule has 0 bridgehead atoms. The summed E-state index contributed by atoms with van der Waals surface area (Å²) in [6, 6.07) is 0. The number of likely N-dealkylation sites (N-methyl/N-ethyl adjacent to an activating group) is 1. The SMILES string of the molecule is CCOCCN(C)C(=O)CCC(C)O. The molecule has 0 fully saturated rings. The molecule has 0 rings (SSSR count). The Morgan fingerprint density at radius 3 is 2.71 bits per heavy atom. The van der Waals surface area contributed by atoms with Crippen molar-refractivity contribution in [2.24, 2.45) is 0 Å². The molecule has 0 aromatic heterocycles. The third kappa shape index (κ3) is 6.86. The lowest BCUT2D eigenvalue weighted by atomic mass is 10.2. The molecule has 0 aliphatic rings. The number of nitrogens with zero attached hydrogens (tertiary/aromatic N) is 1. The highest BCUT2D eigenvalue weighted by molar-refractivity contribution is 5.75. The van der Waals surface area contributed by atoms with Crippen molar-refractivity contribution in [2.75, 3.05) is 26.8 Å². The molecule has 1 amide bonds. The zero-order chi connectivity index (χ0) is 11.0. The summed E-state index contributed by atoms with van der Waals surface area (Å²) in [6.45, 7) is 5.48. The van der Waals surface area contributed by atoms with Crippen molar-refractivity contribution in [3.8, 4) is 0 Å². The average Bonchev–Trinajstić information content (AvgIpc) is 2.14. The standard InChI is InChI=1S/C10H21NO3/c1-4-14-8-7-11(3)10(13)6-5-9(2)12/h9,12H,4-8H2,1-3H3. The minimum atomic E-state index is -0.403. The Morgan fingerprint density at radius 1 is 1.57 bits per heavy atom. The van der Waals surface area contributed by atoms with Crippen LogP contribution in [0.5, 0.6) is 0 Å². The quantitative estimate of drug-likeness (QED) is 0.618. The van der Waals surface area contributed by atoms with E-state index in [1.54, 1.807) is 18.9 Å². The Hall–Kier alpha value is -0.610. The van der Waals surface area contributed by atoms with Crippen LogP contribution in [-0.4, -0.2) is 48.8 Å². The van der Waals surface area contributed by atoms with E-state index in [0.717, 1.165) is 0 Å². The van der Waals surface area contributed by atoms with Gasteiger partial charge < -0.3 is 14.7 Å². The zero-order valence-electron chi connectivity index (χ0n) is 9.32. The van der Waals surface area contributed by atoms with Crippen molar-refractivity contribution >= 4 is 5.91 Å². The number of carbonyl (C=O) groups is 1. The summed E-state index contributed by atoms with van der Waals surface area (Å²) in [7, 11) is 1.75. The third-order valence-electron chi connectivity index (χ3n) is 1.98. The van der Waals surface area contributed by atoms with E-state index in [2.05, 4.69) is 0 Å². The first kappa shape index (κ1) is 13.4. The first-order chi connectivity index (χ1) is 6.57. The molecule has 4 nitrogen and oxygen atoms in total. The molecule has 0 aromatic rings. The highest BCUT2D eigenvalue weighted by atomic mass is 16.5. The van der Waals surface area contributed by atoms with Gasteiger partial charge in [0, 0.05) is 26.6 Å². The molecule has 14 heavy (non-hydrogen) atoms. The van der Waals surface area contributed by atoms with Gasteiger partial charge in [-0.15, -0.1) is 0 Å². The molecule has 0 aliphatic heterocycles. The Morgan fingerprint density at radius 2 is 2.21 bits per heavy atom. The molecule has 0 saturated carbocycles. The summed E-state index contributed by atoms with van der Waals surface area (Å²) in [5.41, 5.74) is 0. The number of aliphatic hydroxyl groups is 1. The van der Waals surface area contributed by atoms with Crippen LogP contribution in [-0.2, 0) is 9.53 Å². The van der Waals surface area contributed by atoms with Crippen molar-refractivity contribution in [2.45, 2.75) is 32.8 Å². The first-order valence-electron chi connectivity index (χ1n) is 5.07. The van der Waals surface area contributed by atoms with Crippen LogP contribution in [0.4, 0.5) is 0 Å². The van der Waals surface area contributed by atoms with Gasteiger partial charge in [-0.1, -0.05) is 0 Å². The maximum absolute atomic E-state index is 11.4. The third-order valence-corrected chi connectivity index (χ3v) is 1.98. The van der Waals surface area contributed by atoms with Gasteiger partial charge in [0.25, 0.3) is 0 Å². The van der Waals surface area contributed by atoms with Crippen molar-refractivity contribution in [1.29, 1.82) is 0 Å². The minimum Gasteiger partial charge on any atom is -0.393 e. The fourth-order valence-corrected chi connectivity index (χ4v) is 0.994. The maximum atomic E-state index is 11.4. The Kier molecular flexibility index (Phi) is 7.42. The normalized spacial score (nSPS) is 12.6. The second kappa shape index (κ2) is 7.76. The molecule has 0 aliphatic carbocycles. The largest absolute Gasteiger partial charge is 0.393 e. The summed E-state index contributed by atoms with van der Waals surface area (Å²) in [5, 5.41) is 9.00. The number of rotatable bonds is 7. The van der Waals surface area contributed by atoms with Crippen molar-refractivity contribution < 1.29 is 14.6 Å². The number of aliphatic hydroxyl groups excluding tert-OH is 1. The summed E-state index contributed by atoms with van der Waals surface area (Å²) in [5.74, 6) is 0.0607. The highest BCUT2D eigenvalue weighted by Crippen LogP contribution is 1.99. The smallest absolute Gasteiger partial charge is 0.222 e. The van der Waals surface area contributed by atoms with Gasteiger partial charge in [-0.2, -0.15) is 0 Å². The van der Waals surface area contributed by atoms with Crippen molar-refractivity contribution in [1.82, 2.24) is 4.90 Å². The first-order valence-corrected chi connectivity index (χ1v) is 5.07. The van der Waals surface area contributed by atoms with Gasteiger partial charge in [0.15, 0.2) is 0 Å². The molecule has 0 radical (unpaired) electrons. The molecule has 84 valence electrons. The van der Waals surface area contributed by atoms with Gasteiger partial charge in [-0.25, -0.2) is 0 Å².